The third-order valence-corrected chi connectivity index (χ3v) is 19.7. The zero-order valence-corrected chi connectivity index (χ0v) is 63.0. The Labute approximate surface area is 613 Å². The molecule has 0 saturated carbocycles. The fourth-order valence-corrected chi connectivity index (χ4v) is 13.6. The predicted molar refractivity (Wildman–Crippen MR) is 398 cm³/mol. The van der Waals surface area contributed by atoms with Gasteiger partial charge in [0.25, 0.3) is 0 Å². The van der Waals surface area contributed by atoms with E-state index in [1.807, 2.05) is 80.6 Å². The van der Waals surface area contributed by atoms with E-state index in [4.69, 9.17) is 19.9 Å². The van der Waals surface area contributed by atoms with Gasteiger partial charge in [-0.1, -0.05) is 153 Å². The number of hydrogen-bond donors (Lipinski definition) is 8. The zero-order valence-electron chi connectivity index (χ0n) is 63.0. The molecule has 12 unspecified atom stereocenters. The van der Waals surface area contributed by atoms with Gasteiger partial charge in [-0.2, -0.15) is 0 Å². The molecule has 2 aliphatic heterocycles. The van der Waals surface area contributed by atoms with E-state index >= 15 is 0 Å². The molecule has 25 heteroatoms. The Morgan fingerprint density at radius 1 is 0.663 bits per heavy atom. The quantitative estimate of drug-likeness (QED) is 0.0156. The number of nitrogens with one attached hydrogen (secondary N) is 6. The summed E-state index contributed by atoms with van der Waals surface area (Å²) in [5, 5.41) is 27.8. The maximum absolute atomic E-state index is 14.9. The number of carbonyl (C=O) groups excluding carboxylic acids is 10. The fraction of sp³-hybridized carbons (Fsp3) is 0.544. The highest BCUT2D eigenvalue weighted by Crippen LogP contribution is 2.32. The molecule has 2 heterocycles. The molecule has 0 aromatic heterocycles. The van der Waals surface area contributed by atoms with Gasteiger partial charge < -0.3 is 71.7 Å². The molecule has 0 aliphatic carbocycles. The molecule has 25 nitrogen and oxygen atoms in total. The molecule has 9 N–H and O–H groups in total. The van der Waals surface area contributed by atoms with Crippen LogP contribution >= 0.6 is 0 Å². The lowest BCUT2D eigenvalue weighted by Gasteiger charge is -2.41. The minimum absolute atomic E-state index is 0.0423. The monoisotopic (exact) mass is 1440 g/mol. The second kappa shape index (κ2) is 40.6. The molecular formula is C79H111N11O14. The van der Waals surface area contributed by atoms with Crippen molar-refractivity contribution in [3.8, 4) is 11.8 Å². The molecule has 0 bridgehead atoms. The number of aliphatic hydroxyl groups is 1. The molecule has 0 spiro atoms. The van der Waals surface area contributed by atoms with Crippen LogP contribution in [0.5, 0.6) is 0 Å². The molecule has 11 amide bonds. The van der Waals surface area contributed by atoms with Crippen LogP contribution in [0.2, 0.25) is 0 Å². The number of fused-ring (bicyclic) bond motifs is 2. The largest absolute Gasteiger partial charge is 0.445 e. The molecule has 0 radical (unpaired) electrons. The van der Waals surface area contributed by atoms with Gasteiger partial charge in [0.2, 0.25) is 47.3 Å². The van der Waals surface area contributed by atoms with Gasteiger partial charge in [0.1, 0.15) is 30.8 Å². The number of ether oxygens (including phenoxy) is 3. The smallest absolute Gasteiger partial charge is 0.410 e. The van der Waals surface area contributed by atoms with Crippen molar-refractivity contribution in [3.63, 3.8) is 0 Å². The number of methoxy groups -OCH3 is 2. The zero-order chi connectivity index (χ0) is 76.5. The minimum atomic E-state index is -1.13. The fourth-order valence-electron chi connectivity index (χ4n) is 13.6. The van der Waals surface area contributed by atoms with Crippen LogP contribution in [0, 0.1) is 41.4 Å². The Balaban J connectivity index is 1.02. The van der Waals surface area contributed by atoms with Crippen LogP contribution < -0.4 is 42.5 Å². The number of para-hydroxylation sites is 1. The van der Waals surface area contributed by atoms with Gasteiger partial charge in [0.15, 0.2) is 0 Å². The number of rotatable bonds is 37. The lowest BCUT2D eigenvalue weighted by Crippen LogP contribution is -2.60. The summed E-state index contributed by atoms with van der Waals surface area (Å²) in [7, 11) is 6.10. The number of nitrogens with two attached hydrogens (primary N) is 1. The molecular weight excluding hydrogens is 1330 g/mol. The lowest BCUT2D eigenvalue weighted by molar-refractivity contribution is -0.148. The first-order valence-electron chi connectivity index (χ1n) is 36.4. The first-order valence-corrected chi connectivity index (χ1v) is 36.4. The number of carbonyl (C=O) groups is 10. The van der Waals surface area contributed by atoms with Gasteiger partial charge in [0.05, 0.1) is 61.0 Å². The van der Waals surface area contributed by atoms with E-state index in [1.165, 1.54) is 26.2 Å². The van der Waals surface area contributed by atoms with Gasteiger partial charge in [-0.25, -0.2) is 9.59 Å². The van der Waals surface area contributed by atoms with Gasteiger partial charge in [-0.05, 0) is 116 Å². The van der Waals surface area contributed by atoms with E-state index < -0.39 is 126 Å². The number of hydrogen-bond acceptors (Lipinski definition) is 14. The molecule has 566 valence electrons. The van der Waals surface area contributed by atoms with Crippen molar-refractivity contribution in [2.24, 2.45) is 35.3 Å². The summed E-state index contributed by atoms with van der Waals surface area (Å²) in [5.41, 5.74) is 10.1. The first kappa shape index (κ1) is 83.6. The van der Waals surface area contributed by atoms with E-state index in [0.29, 0.717) is 62.0 Å². The standard InChI is InChI=1S/C79H111N11O14/c1-15-51(8)70(63(102-13)45-66(93)89-44-26-34-62(89)72(103-14)52(9)73(95)82-53(10)71(94)57-29-17-16-18-30-57)87(11)77(99)68(49(4)5)86-76(98)69(50(6)7)88(12)79(101)104-47-54-37-41-59(42-38-54)83-74(96)60(32-25-43-81-78(80)100)84-75(97)67(48(2)3)85-64(91)35-23-24-36-65(92)90-46-58-31-20-19-27-55(58)39-40-56-28-21-22-33-61(56)90/h16-22,27-31,33,37-38,41-42,48-53,60,62-63,67-72,94H,15,23-26,32,34-36,43-47H2,1-14H3,(H,82,95)(H,83,96)(H,84,97)(H,85,91)(H,86,98)(H3,80,81,100). The molecule has 1 fully saturated rings. The Hall–Kier alpha value is -9.38. The minimum Gasteiger partial charge on any atom is -0.445 e. The number of unbranched alkanes of at least 4 members (excludes halogenated alkanes) is 1. The number of anilines is 2. The van der Waals surface area contributed by atoms with Crippen LogP contribution in [-0.2, 0) is 65.7 Å². The first-order chi connectivity index (χ1) is 49.5. The molecule has 1 saturated heterocycles. The lowest BCUT2D eigenvalue weighted by atomic mass is 9.89. The summed E-state index contributed by atoms with van der Waals surface area (Å²) < 4.78 is 17.8. The van der Waals surface area contributed by atoms with Crippen LogP contribution in [0.25, 0.3) is 0 Å². The number of likely N-dealkylation sites (N-methyl/N-ethyl adjacent to an activating group) is 2. The molecule has 12 atom stereocenters. The molecule has 4 aromatic carbocycles. The van der Waals surface area contributed by atoms with E-state index in [0.717, 1.165) is 22.4 Å². The molecule has 4 aromatic rings. The summed E-state index contributed by atoms with van der Waals surface area (Å²) in [6.45, 7) is 18.8. The summed E-state index contributed by atoms with van der Waals surface area (Å²) in [6.07, 6.45) is -0.0893. The van der Waals surface area contributed by atoms with Crippen molar-refractivity contribution in [1.29, 1.82) is 0 Å². The van der Waals surface area contributed by atoms with E-state index in [9.17, 15) is 53.1 Å². The molecule has 104 heavy (non-hydrogen) atoms. The third-order valence-electron chi connectivity index (χ3n) is 19.7. The van der Waals surface area contributed by atoms with Crippen LogP contribution in [0.1, 0.15) is 167 Å². The third kappa shape index (κ3) is 23.3. The second-order valence-corrected chi connectivity index (χ2v) is 28.4. The average molecular weight is 1440 g/mol. The maximum atomic E-state index is 14.9. The van der Waals surface area contributed by atoms with Gasteiger partial charge in [-0.3, -0.25) is 43.3 Å². The van der Waals surface area contributed by atoms with Crippen molar-refractivity contribution in [2.45, 2.75) is 207 Å². The van der Waals surface area contributed by atoms with Crippen LogP contribution in [0.15, 0.2) is 103 Å². The number of primary amides is 1. The van der Waals surface area contributed by atoms with Crippen molar-refractivity contribution < 1.29 is 67.3 Å². The van der Waals surface area contributed by atoms with E-state index in [1.54, 1.807) is 114 Å². The summed E-state index contributed by atoms with van der Waals surface area (Å²) in [6, 6.07) is 24.0. The SMILES string of the molecule is CCC(C)C(C(CC(=O)N1CCCC1C(OC)C(C)C(=O)NC(C)C(O)c1ccccc1)OC)N(C)C(=O)C(NC(=O)C(C(C)C)N(C)C(=O)OCc1ccc(NC(=O)C(CCCNC(N)=O)NC(=O)C(NC(=O)CCCCC(=O)N2Cc3ccccc3C#Cc3ccccc32)C(C)C)cc1)C(C)C. The van der Waals surface area contributed by atoms with Crippen molar-refractivity contribution in [3.05, 3.63) is 131 Å². The Bertz CT molecular complexity index is 3620. The van der Waals surface area contributed by atoms with Crippen LogP contribution in [0.4, 0.5) is 21.0 Å². The number of benzene rings is 4. The Morgan fingerprint density at radius 3 is 1.93 bits per heavy atom. The predicted octanol–water partition coefficient (Wildman–Crippen LogP) is 8.10. The number of urea groups is 1. The molecule has 2 aliphatic rings. The number of amides is 11. The molecule has 6 rings (SSSR count). The second-order valence-electron chi connectivity index (χ2n) is 28.4. The van der Waals surface area contributed by atoms with Gasteiger partial charge in [0, 0.05) is 71.1 Å². The van der Waals surface area contributed by atoms with E-state index in [-0.39, 0.29) is 68.9 Å². The number of likely N-dealkylation sites (tertiary alicyclic amines) is 1. The Morgan fingerprint density at radius 2 is 1.30 bits per heavy atom. The number of aliphatic hydroxyl groups excluding tert-OH is 1. The van der Waals surface area contributed by atoms with Gasteiger partial charge in [-0.15, -0.1) is 0 Å². The summed E-state index contributed by atoms with van der Waals surface area (Å²) in [5.74, 6) is 1.02. The van der Waals surface area contributed by atoms with Crippen molar-refractivity contribution in [2.75, 3.05) is 51.6 Å². The van der Waals surface area contributed by atoms with Crippen LogP contribution in [-0.4, -0.2) is 175 Å². The highest BCUT2D eigenvalue weighted by Gasteiger charge is 2.44. The highest BCUT2D eigenvalue weighted by atomic mass is 16.6. The normalized spacial score (nSPS) is 16.5. The van der Waals surface area contributed by atoms with Crippen molar-refractivity contribution in [1.82, 2.24) is 41.3 Å². The summed E-state index contributed by atoms with van der Waals surface area (Å²) >= 11 is 0. The highest BCUT2D eigenvalue weighted by molar-refractivity contribution is 5.99. The Kier molecular flexibility index (Phi) is 32.6. The van der Waals surface area contributed by atoms with Crippen molar-refractivity contribution >= 4 is 70.8 Å². The topological polar surface area (TPSA) is 330 Å². The van der Waals surface area contributed by atoms with Crippen LogP contribution in [0.3, 0.4) is 0 Å². The number of nitrogens with zero attached hydrogens (tertiary/aromatic N) is 4. The maximum Gasteiger partial charge on any atom is 0.410 e. The summed E-state index contributed by atoms with van der Waals surface area (Å²) in [4.78, 5) is 144. The van der Waals surface area contributed by atoms with Gasteiger partial charge >= 0.3 is 12.1 Å². The average Bonchev–Trinajstić information content (AvgIpc) is 1.14. The van der Waals surface area contributed by atoms with E-state index in [2.05, 4.69) is 43.7 Å².